The van der Waals surface area contributed by atoms with Crippen LogP contribution in [0.3, 0.4) is 0 Å². The number of anilines is 1. The zero-order valence-electron chi connectivity index (χ0n) is 18.3. The molecule has 1 N–H and O–H groups in total. The van der Waals surface area contributed by atoms with Gasteiger partial charge in [0.05, 0.1) is 29.9 Å². The Morgan fingerprint density at radius 3 is 2.73 bits per heavy atom. The zero-order chi connectivity index (χ0) is 21.5. The second-order valence-electron chi connectivity index (χ2n) is 8.63. The number of allylic oxidation sites excluding steroid dienone is 1. The molecule has 5 nitrogen and oxygen atoms in total. The van der Waals surface area contributed by atoms with Crippen LogP contribution in [0.5, 0.6) is 0 Å². The standard InChI is InChI=1S/C24H30N4OS/c1-16-15-24(2,3)27(4)20-10-9-17(14-18(16)20)22-21(19-8-6-7-11-25-19)26-23(30)28(22)12-13-29-5/h6-11,14-15,21-22H,12-13H2,1-5H3,(H,26,30)/t21-,22+/m0/s1. The molecule has 6 heteroatoms. The molecule has 2 atom stereocenters. The second-order valence-corrected chi connectivity index (χ2v) is 9.02. The third-order valence-electron chi connectivity index (χ3n) is 6.32. The van der Waals surface area contributed by atoms with Gasteiger partial charge in [-0.15, -0.1) is 0 Å². The highest BCUT2D eigenvalue weighted by Gasteiger charge is 2.40. The molecule has 2 aromatic rings. The Morgan fingerprint density at radius 2 is 2.03 bits per heavy atom. The highest BCUT2D eigenvalue weighted by atomic mass is 32.1. The van der Waals surface area contributed by atoms with Crippen LogP contribution >= 0.6 is 12.2 Å². The van der Waals surface area contributed by atoms with Crippen molar-refractivity contribution in [2.75, 3.05) is 32.2 Å². The van der Waals surface area contributed by atoms with Crippen LogP contribution in [-0.2, 0) is 4.74 Å². The second kappa shape index (κ2) is 8.00. The van der Waals surface area contributed by atoms with Crippen molar-refractivity contribution in [3.05, 3.63) is 65.5 Å². The number of thiocarbonyl (C=S) groups is 1. The summed E-state index contributed by atoms with van der Waals surface area (Å²) in [6.45, 7) is 8.05. The van der Waals surface area contributed by atoms with Gasteiger partial charge in [-0.05, 0) is 68.4 Å². The Bertz CT molecular complexity index is 972. The van der Waals surface area contributed by atoms with E-state index in [0.717, 1.165) is 17.4 Å². The van der Waals surface area contributed by atoms with Crippen molar-refractivity contribution in [1.82, 2.24) is 15.2 Å². The van der Waals surface area contributed by atoms with Gasteiger partial charge in [0, 0.05) is 38.1 Å². The van der Waals surface area contributed by atoms with Crippen molar-refractivity contribution < 1.29 is 4.74 Å². The van der Waals surface area contributed by atoms with E-state index in [0.29, 0.717) is 6.61 Å². The van der Waals surface area contributed by atoms with Crippen LogP contribution in [0.4, 0.5) is 5.69 Å². The van der Waals surface area contributed by atoms with Crippen LogP contribution in [0.25, 0.3) is 5.57 Å². The average molecular weight is 423 g/mol. The third-order valence-corrected chi connectivity index (χ3v) is 6.67. The number of fused-ring (bicyclic) bond motifs is 1. The summed E-state index contributed by atoms with van der Waals surface area (Å²) in [5.41, 5.74) is 6.06. The van der Waals surface area contributed by atoms with Gasteiger partial charge >= 0.3 is 0 Å². The summed E-state index contributed by atoms with van der Waals surface area (Å²) in [5, 5.41) is 4.25. The molecule has 1 fully saturated rings. The van der Waals surface area contributed by atoms with Gasteiger partial charge in [-0.1, -0.05) is 18.2 Å². The molecule has 4 rings (SSSR count). The lowest BCUT2D eigenvalue weighted by Gasteiger charge is -2.41. The van der Waals surface area contributed by atoms with Crippen LogP contribution in [0, 0.1) is 0 Å². The molecule has 0 spiro atoms. The van der Waals surface area contributed by atoms with Crippen molar-refractivity contribution in [1.29, 1.82) is 0 Å². The number of ether oxygens (including phenoxy) is 1. The van der Waals surface area contributed by atoms with Crippen molar-refractivity contribution >= 4 is 28.6 Å². The zero-order valence-corrected chi connectivity index (χ0v) is 19.2. The number of rotatable bonds is 5. The number of likely N-dealkylation sites (N-methyl/N-ethyl adjacent to an activating group) is 1. The average Bonchev–Trinajstić information content (AvgIpc) is 3.06. The van der Waals surface area contributed by atoms with E-state index in [9.17, 15) is 0 Å². The Labute approximate surface area is 184 Å². The minimum atomic E-state index is -0.00403. The van der Waals surface area contributed by atoms with Crippen molar-refractivity contribution in [3.8, 4) is 0 Å². The number of aromatic nitrogens is 1. The first-order valence-corrected chi connectivity index (χ1v) is 10.8. The smallest absolute Gasteiger partial charge is 0.170 e. The van der Waals surface area contributed by atoms with E-state index in [1.807, 2.05) is 18.3 Å². The molecule has 0 saturated carbocycles. The molecule has 2 aliphatic rings. The van der Waals surface area contributed by atoms with Crippen molar-refractivity contribution in [2.45, 2.75) is 38.4 Å². The van der Waals surface area contributed by atoms with Crippen LogP contribution in [0.2, 0.25) is 0 Å². The van der Waals surface area contributed by atoms with E-state index in [2.05, 4.69) is 78.3 Å². The largest absolute Gasteiger partial charge is 0.383 e. The Kier molecular flexibility index (Phi) is 5.55. The minimum absolute atomic E-state index is 0.00389. The molecule has 1 aromatic carbocycles. The van der Waals surface area contributed by atoms with E-state index < -0.39 is 0 Å². The summed E-state index contributed by atoms with van der Waals surface area (Å²) in [7, 11) is 3.89. The lowest BCUT2D eigenvalue weighted by molar-refractivity contribution is 0.164. The Balaban J connectivity index is 1.79. The van der Waals surface area contributed by atoms with Gasteiger partial charge in [0.2, 0.25) is 0 Å². The van der Waals surface area contributed by atoms with Gasteiger partial charge in [0.1, 0.15) is 0 Å². The van der Waals surface area contributed by atoms with E-state index in [4.69, 9.17) is 17.0 Å². The van der Waals surface area contributed by atoms with E-state index in [-0.39, 0.29) is 17.6 Å². The number of pyridine rings is 1. The number of nitrogens with one attached hydrogen (secondary N) is 1. The van der Waals surface area contributed by atoms with Crippen molar-refractivity contribution in [2.24, 2.45) is 0 Å². The number of methoxy groups -OCH3 is 1. The van der Waals surface area contributed by atoms with Crippen molar-refractivity contribution in [3.63, 3.8) is 0 Å². The summed E-state index contributed by atoms with van der Waals surface area (Å²) < 4.78 is 5.36. The summed E-state index contributed by atoms with van der Waals surface area (Å²) in [6, 6.07) is 12.9. The normalized spacial score (nSPS) is 22.6. The third kappa shape index (κ3) is 3.59. The maximum Gasteiger partial charge on any atom is 0.170 e. The molecule has 2 aliphatic heterocycles. The Morgan fingerprint density at radius 1 is 1.23 bits per heavy atom. The SMILES string of the molecule is COCCN1C(=S)N[C@@H](c2ccccn2)[C@H]1c1ccc2c(c1)C(C)=CC(C)(C)N2C. The molecular formula is C24H30N4OS. The van der Waals surface area contributed by atoms with Gasteiger partial charge in [-0.2, -0.15) is 0 Å². The van der Waals surface area contributed by atoms with Gasteiger partial charge in [0.15, 0.2) is 5.11 Å². The maximum absolute atomic E-state index is 5.71. The lowest BCUT2D eigenvalue weighted by atomic mass is 9.86. The highest BCUT2D eigenvalue weighted by molar-refractivity contribution is 7.80. The maximum atomic E-state index is 5.71. The molecule has 0 aliphatic carbocycles. The number of nitrogens with zero attached hydrogens (tertiary/aromatic N) is 3. The monoisotopic (exact) mass is 422 g/mol. The molecule has 1 saturated heterocycles. The molecule has 0 unspecified atom stereocenters. The van der Waals surface area contributed by atoms with Crippen LogP contribution in [0.15, 0.2) is 48.7 Å². The summed E-state index contributed by atoms with van der Waals surface area (Å²) in [6.07, 6.45) is 4.18. The van der Waals surface area contributed by atoms with Crippen LogP contribution in [0.1, 0.15) is 49.7 Å². The highest BCUT2D eigenvalue weighted by Crippen LogP contribution is 2.43. The van der Waals surface area contributed by atoms with E-state index in [1.54, 1.807) is 7.11 Å². The summed E-state index contributed by atoms with van der Waals surface area (Å²) >= 11 is 5.71. The topological polar surface area (TPSA) is 40.6 Å². The van der Waals surface area contributed by atoms with Crippen LogP contribution < -0.4 is 10.2 Å². The quantitative estimate of drug-likeness (QED) is 0.723. The minimum Gasteiger partial charge on any atom is -0.383 e. The van der Waals surface area contributed by atoms with Gasteiger partial charge < -0.3 is 19.9 Å². The number of hydrogen-bond acceptors (Lipinski definition) is 4. The molecule has 0 radical (unpaired) electrons. The molecular weight excluding hydrogens is 392 g/mol. The molecule has 0 bridgehead atoms. The predicted octanol–water partition coefficient (Wildman–Crippen LogP) is 4.33. The lowest BCUT2D eigenvalue weighted by Crippen LogP contribution is -2.42. The summed E-state index contributed by atoms with van der Waals surface area (Å²) in [4.78, 5) is 9.19. The molecule has 158 valence electrons. The summed E-state index contributed by atoms with van der Waals surface area (Å²) in [5.74, 6) is 0. The molecule has 30 heavy (non-hydrogen) atoms. The predicted molar refractivity (Wildman–Crippen MR) is 127 cm³/mol. The first kappa shape index (κ1) is 20.8. The van der Waals surface area contributed by atoms with Gasteiger partial charge in [-0.25, -0.2) is 0 Å². The molecule has 3 heterocycles. The fourth-order valence-electron chi connectivity index (χ4n) is 4.56. The fraction of sp³-hybridized carbons (Fsp3) is 0.417. The Hall–Kier alpha value is -2.44. The first-order valence-electron chi connectivity index (χ1n) is 10.4. The van der Waals surface area contributed by atoms with Gasteiger partial charge in [-0.3, -0.25) is 4.98 Å². The van der Waals surface area contributed by atoms with Crippen LogP contribution in [-0.4, -0.2) is 47.8 Å². The molecule has 0 amide bonds. The fourth-order valence-corrected chi connectivity index (χ4v) is 4.89. The number of hydrogen-bond donors (Lipinski definition) is 1. The van der Waals surface area contributed by atoms with E-state index in [1.165, 1.54) is 22.4 Å². The number of benzene rings is 1. The first-order chi connectivity index (χ1) is 14.3. The van der Waals surface area contributed by atoms with Gasteiger partial charge in [0.25, 0.3) is 0 Å². The molecule has 1 aromatic heterocycles. The van der Waals surface area contributed by atoms with E-state index >= 15 is 0 Å².